The van der Waals surface area contributed by atoms with Gasteiger partial charge < -0.3 is 4.57 Å². The summed E-state index contributed by atoms with van der Waals surface area (Å²) in [5.74, 6) is 0.837. The molecule has 0 amide bonds. The molecule has 0 aliphatic heterocycles. The lowest BCUT2D eigenvalue weighted by Crippen LogP contribution is -2.10. The van der Waals surface area contributed by atoms with Gasteiger partial charge in [-0.1, -0.05) is 19.4 Å². The van der Waals surface area contributed by atoms with Crippen LogP contribution in [-0.2, 0) is 13.0 Å². The molecule has 0 fully saturated rings. The molecule has 4 heterocycles. The van der Waals surface area contributed by atoms with Crippen molar-refractivity contribution in [2.75, 3.05) is 0 Å². The molecule has 0 spiro atoms. The standard InChI is InChI=1S/C17H17N7/c1-2-5-15-14(20-10-16-22-21-12-24(15)16)11-23-9-8-19-17(23)13-6-3-4-7-18-13/h3-4,6-10,12H,2,5,11H2,1H3. The first-order valence-electron chi connectivity index (χ1n) is 7.96. The van der Waals surface area contributed by atoms with Crippen molar-refractivity contribution in [3.8, 4) is 11.5 Å². The third-order valence-corrected chi connectivity index (χ3v) is 3.95. The van der Waals surface area contributed by atoms with Crippen molar-refractivity contribution in [1.82, 2.24) is 34.1 Å². The minimum atomic E-state index is 0.634. The summed E-state index contributed by atoms with van der Waals surface area (Å²) in [7, 11) is 0. The van der Waals surface area contributed by atoms with Crippen LogP contribution in [0.1, 0.15) is 24.7 Å². The number of pyridine rings is 1. The van der Waals surface area contributed by atoms with Crippen molar-refractivity contribution in [1.29, 1.82) is 0 Å². The number of nitrogens with zero attached hydrogens (tertiary/aromatic N) is 7. The maximum absolute atomic E-state index is 4.61. The van der Waals surface area contributed by atoms with Gasteiger partial charge in [-0.15, -0.1) is 10.2 Å². The van der Waals surface area contributed by atoms with E-state index in [4.69, 9.17) is 0 Å². The summed E-state index contributed by atoms with van der Waals surface area (Å²) < 4.78 is 4.09. The van der Waals surface area contributed by atoms with Crippen LogP contribution in [0.25, 0.3) is 17.2 Å². The van der Waals surface area contributed by atoms with E-state index in [-0.39, 0.29) is 0 Å². The van der Waals surface area contributed by atoms with Crippen LogP contribution in [0.4, 0.5) is 0 Å². The van der Waals surface area contributed by atoms with Crippen LogP contribution in [0.2, 0.25) is 0 Å². The maximum atomic E-state index is 4.61. The third kappa shape index (κ3) is 2.54. The lowest BCUT2D eigenvalue weighted by molar-refractivity contribution is 0.732. The van der Waals surface area contributed by atoms with Crippen LogP contribution in [0, 0.1) is 0 Å². The third-order valence-electron chi connectivity index (χ3n) is 3.95. The normalized spacial score (nSPS) is 11.2. The number of aromatic nitrogens is 7. The van der Waals surface area contributed by atoms with E-state index in [0.717, 1.165) is 41.4 Å². The first kappa shape index (κ1) is 14.5. The second kappa shape index (κ2) is 6.19. The highest BCUT2D eigenvalue weighted by Gasteiger charge is 2.13. The average molecular weight is 319 g/mol. The second-order valence-electron chi connectivity index (χ2n) is 5.55. The average Bonchev–Trinajstić information content (AvgIpc) is 3.27. The molecular weight excluding hydrogens is 302 g/mol. The second-order valence-corrected chi connectivity index (χ2v) is 5.55. The summed E-state index contributed by atoms with van der Waals surface area (Å²) in [5.41, 5.74) is 3.77. The summed E-state index contributed by atoms with van der Waals surface area (Å²) in [6.45, 7) is 2.79. The SMILES string of the molecule is CCCc1c(Cn2ccnc2-c2ccccn2)ncc2nncn12. The first-order chi connectivity index (χ1) is 11.9. The van der Waals surface area contributed by atoms with E-state index in [1.807, 2.05) is 28.8 Å². The summed E-state index contributed by atoms with van der Waals surface area (Å²) >= 11 is 0. The Kier molecular flexibility index (Phi) is 3.74. The van der Waals surface area contributed by atoms with Crippen LogP contribution in [0.5, 0.6) is 0 Å². The molecule has 0 N–H and O–H groups in total. The largest absolute Gasteiger partial charge is 0.324 e. The van der Waals surface area contributed by atoms with Gasteiger partial charge in [0.2, 0.25) is 0 Å². The van der Waals surface area contributed by atoms with Gasteiger partial charge in [0.1, 0.15) is 12.0 Å². The Labute approximate surface area is 139 Å². The zero-order valence-corrected chi connectivity index (χ0v) is 13.4. The van der Waals surface area contributed by atoms with E-state index in [2.05, 4.69) is 36.6 Å². The molecular formula is C17H17N7. The smallest absolute Gasteiger partial charge is 0.179 e. The summed E-state index contributed by atoms with van der Waals surface area (Å²) in [6, 6.07) is 5.82. The molecule has 120 valence electrons. The highest BCUT2D eigenvalue weighted by molar-refractivity contribution is 5.49. The van der Waals surface area contributed by atoms with Gasteiger partial charge >= 0.3 is 0 Å². The Morgan fingerprint density at radius 3 is 2.88 bits per heavy atom. The molecule has 0 aromatic carbocycles. The van der Waals surface area contributed by atoms with Crippen molar-refractivity contribution in [2.45, 2.75) is 26.3 Å². The van der Waals surface area contributed by atoms with Crippen LogP contribution in [-0.4, -0.2) is 34.1 Å². The lowest BCUT2D eigenvalue weighted by Gasteiger charge is -2.12. The number of rotatable bonds is 5. The van der Waals surface area contributed by atoms with Crippen LogP contribution in [0.15, 0.2) is 49.3 Å². The molecule has 0 atom stereocenters. The van der Waals surface area contributed by atoms with Crippen molar-refractivity contribution in [3.05, 3.63) is 60.7 Å². The summed E-state index contributed by atoms with van der Waals surface area (Å²) in [6.07, 6.45) is 11.0. The van der Waals surface area contributed by atoms with Crippen molar-refractivity contribution >= 4 is 5.65 Å². The van der Waals surface area contributed by atoms with E-state index in [9.17, 15) is 0 Å². The number of fused-ring (bicyclic) bond motifs is 1. The number of hydrogen-bond donors (Lipinski definition) is 0. The lowest BCUT2D eigenvalue weighted by atomic mass is 10.2. The topological polar surface area (TPSA) is 73.8 Å². The highest BCUT2D eigenvalue weighted by Crippen LogP contribution is 2.18. The van der Waals surface area contributed by atoms with E-state index in [1.54, 1.807) is 24.9 Å². The fraction of sp³-hybridized carbons (Fsp3) is 0.235. The van der Waals surface area contributed by atoms with Gasteiger partial charge in [-0.25, -0.2) is 4.98 Å². The van der Waals surface area contributed by atoms with Gasteiger partial charge in [-0.2, -0.15) is 0 Å². The highest BCUT2D eigenvalue weighted by atomic mass is 15.2. The molecule has 4 rings (SSSR count). The summed E-state index contributed by atoms with van der Waals surface area (Å²) in [5, 5.41) is 8.08. The monoisotopic (exact) mass is 319 g/mol. The Morgan fingerprint density at radius 2 is 2.04 bits per heavy atom. The van der Waals surface area contributed by atoms with Crippen LogP contribution in [0.3, 0.4) is 0 Å². The fourth-order valence-electron chi connectivity index (χ4n) is 2.85. The zero-order valence-electron chi connectivity index (χ0n) is 13.4. The molecule has 0 aliphatic rings. The predicted octanol–water partition coefficient (Wildman–Crippen LogP) is 2.38. The minimum Gasteiger partial charge on any atom is -0.324 e. The Hall–Kier alpha value is -3.09. The number of hydrogen-bond acceptors (Lipinski definition) is 5. The molecule has 7 heteroatoms. The van der Waals surface area contributed by atoms with E-state index in [0.29, 0.717) is 6.54 Å². The van der Waals surface area contributed by atoms with Gasteiger partial charge in [-0.3, -0.25) is 14.4 Å². The van der Waals surface area contributed by atoms with Gasteiger partial charge in [0.05, 0.1) is 18.4 Å². The van der Waals surface area contributed by atoms with Crippen molar-refractivity contribution < 1.29 is 0 Å². The maximum Gasteiger partial charge on any atom is 0.179 e. The van der Waals surface area contributed by atoms with E-state index < -0.39 is 0 Å². The molecule has 4 aromatic rings. The quantitative estimate of drug-likeness (QED) is 0.564. The summed E-state index contributed by atoms with van der Waals surface area (Å²) in [4.78, 5) is 13.5. The molecule has 0 unspecified atom stereocenters. The minimum absolute atomic E-state index is 0.634. The molecule has 0 aliphatic carbocycles. The van der Waals surface area contributed by atoms with Gasteiger partial charge in [0, 0.05) is 24.3 Å². The molecule has 7 nitrogen and oxygen atoms in total. The predicted molar refractivity (Wildman–Crippen MR) is 89.3 cm³/mol. The van der Waals surface area contributed by atoms with E-state index >= 15 is 0 Å². The first-order valence-corrected chi connectivity index (χ1v) is 7.96. The van der Waals surface area contributed by atoms with Gasteiger partial charge in [0.15, 0.2) is 11.5 Å². The fourth-order valence-corrected chi connectivity index (χ4v) is 2.85. The van der Waals surface area contributed by atoms with Gasteiger partial charge in [-0.05, 0) is 18.6 Å². The molecule has 0 radical (unpaired) electrons. The van der Waals surface area contributed by atoms with Crippen LogP contribution < -0.4 is 0 Å². The molecule has 0 saturated heterocycles. The Balaban J connectivity index is 1.75. The zero-order chi connectivity index (χ0) is 16.4. The van der Waals surface area contributed by atoms with E-state index in [1.165, 1.54) is 0 Å². The molecule has 0 saturated carbocycles. The van der Waals surface area contributed by atoms with Crippen LogP contribution >= 0.6 is 0 Å². The van der Waals surface area contributed by atoms with Gasteiger partial charge in [0.25, 0.3) is 0 Å². The Bertz CT molecular complexity index is 955. The molecule has 0 bridgehead atoms. The molecule has 4 aromatic heterocycles. The number of aryl methyl sites for hydroxylation is 1. The van der Waals surface area contributed by atoms with Crippen molar-refractivity contribution in [2.24, 2.45) is 0 Å². The molecule has 24 heavy (non-hydrogen) atoms. The number of imidazole rings is 1. The van der Waals surface area contributed by atoms with Crippen molar-refractivity contribution in [3.63, 3.8) is 0 Å². The Morgan fingerprint density at radius 1 is 1.08 bits per heavy atom.